The maximum Gasteiger partial charge on any atom is 0.432 e. The maximum absolute atomic E-state index is 14.3. The number of ether oxygens (including phenoxy) is 2. The Kier molecular flexibility index (Phi) is 6.80. The van der Waals surface area contributed by atoms with Gasteiger partial charge in [0.05, 0.1) is 0 Å². The van der Waals surface area contributed by atoms with Crippen LogP contribution in [0.3, 0.4) is 0 Å². The second-order valence-electron chi connectivity index (χ2n) is 9.76. The van der Waals surface area contributed by atoms with Gasteiger partial charge in [0.2, 0.25) is 0 Å². The van der Waals surface area contributed by atoms with Crippen molar-refractivity contribution in [1.29, 1.82) is 0 Å². The molecule has 9 heteroatoms. The molecule has 2 N–H and O–H groups in total. The minimum atomic E-state index is -5.20. The van der Waals surface area contributed by atoms with E-state index < -0.39 is 46.5 Å². The van der Waals surface area contributed by atoms with Crippen LogP contribution in [0.15, 0.2) is 41.5 Å². The minimum Gasteiger partial charge on any atom is -0.456 e. The van der Waals surface area contributed by atoms with E-state index in [0.717, 1.165) is 19.2 Å². The van der Waals surface area contributed by atoms with Crippen LogP contribution in [-0.4, -0.2) is 52.6 Å². The predicted octanol–water partition coefficient (Wildman–Crippen LogP) is 3.84. The lowest BCUT2D eigenvalue weighted by Crippen LogP contribution is -2.61. The Hall–Kier alpha value is -2.23. The van der Waals surface area contributed by atoms with Gasteiger partial charge in [-0.2, -0.15) is 13.2 Å². The lowest BCUT2D eigenvalue weighted by Gasteiger charge is -2.43. The number of Topliss-reactive ketones (excluding diaryl/α,β-unsaturated/α-hetero) is 1. The smallest absolute Gasteiger partial charge is 0.432 e. The molecule has 0 heterocycles. The summed E-state index contributed by atoms with van der Waals surface area (Å²) in [5.41, 5.74) is -7.57. The van der Waals surface area contributed by atoms with E-state index in [2.05, 4.69) is 0 Å². The number of benzene rings is 1. The lowest BCUT2D eigenvalue weighted by atomic mass is 9.76. The molecule has 1 saturated carbocycles. The first kappa shape index (κ1) is 26.4. The molecule has 1 aromatic rings. The number of carbonyl (C=O) groups excluding carboxylic acids is 2. The molecule has 0 radical (unpaired) electrons. The second kappa shape index (κ2) is 8.77. The Balaban J connectivity index is 2.12. The first-order valence-electron chi connectivity index (χ1n) is 11.2. The molecule has 6 nitrogen and oxygen atoms in total. The third-order valence-electron chi connectivity index (χ3n) is 7.44. The molecule has 1 fully saturated rings. The van der Waals surface area contributed by atoms with E-state index in [1.807, 2.05) is 0 Å². The number of hydrogen-bond donors (Lipinski definition) is 2. The summed E-state index contributed by atoms with van der Waals surface area (Å²) in [6.07, 6.45) is -6.74. The monoisotopic (exact) mass is 484 g/mol. The molecule has 0 aromatic heterocycles. The van der Waals surface area contributed by atoms with Crippen LogP contribution in [-0.2, 0) is 24.7 Å². The summed E-state index contributed by atoms with van der Waals surface area (Å²) in [5, 5.41) is 23.0. The van der Waals surface area contributed by atoms with Crippen LogP contribution in [0, 0.1) is 11.8 Å². The van der Waals surface area contributed by atoms with Crippen molar-refractivity contribution in [2.45, 2.75) is 76.0 Å². The highest BCUT2D eigenvalue weighted by molar-refractivity contribution is 6.01. The standard InChI is InChI=1S/C25H31F3O6/c1-14(2)17-13-18(22(4,31)23(32)12-11-15(3)19(23)20(17)29)34-21(30)24(33-5,25(26,27)28)16-9-7-6-8-10-16/h6-10,14,17-18,31-32H,11-13H2,1-5H3/t17-,18-,22+,23-,24+/m0/s1. The van der Waals surface area contributed by atoms with Gasteiger partial charge in [-0.1, -0.05) is 49.8 Å². The molecule has 3 rings (SSSR count). The topological polar surface area (TPSA) is 93.1 Å². The molecule has 0 amide bonds. The van der Waals surface area contributed by atoms with Crippen molar-refractivity contribution in [3.05, 3.63) is 47.0 Å². The quantitative estimate of drug-likeness (QED) is 0.617. The van der Waals surface area contributed by atoms with Crippen molar-refractivity contribution >= 4 is 11.8 Å². The van der Waals surface area contributed by atoms with Gasteiger partial charge < -0.3 is 19.7 Å². The van der Waals surface area contributed by atoms with E-state index in [9.17, 15) is 33.0 Å². The number of alkyl halides is 3. The van der Waals surface area contributed by atoms with Crippen molar-refractivity contribution in [3.8, 4) is 0 Å². The molecule has 188 valence electrons. The number of ketones is 1. The van der Waals surface area contributed by atoms with E-state index in [0.29, 0.717) is 12.0 Å². The van der Waals surface area contributed by atoms with Crippen LogP contribution < -0.4 is 0 Å². The van der Waals surface area contributed by atoms with Crippen molar-refractivity contribution in [2.75, 3.05) is 7.11 Å². The molecule has 0 spiro atoms. The number of halogens is 3. The Morgan fingerprint density at radius 1 is 1.18 bits per heavy atom. The molecular weight excluding hydrogens is 453 g/mol. The number of carbonyl (C=O) groups is 2. The summed E-state index contributed by atoms with van der Waals surface area (Å²) < 4.78 is 53.2. The van der Waals surface area contributed by atoms with Gasteiger partial charge >= 0.3 is 12.1 Å². The molecule has 34 heavy (non-hydrogen) atoms. The van der Waals surface area contributed by atoms with Crippen molar-refractivity contribution < 1.29 is 42.4 Å². The molecule has 0 bridgehead atoms. The third kappa shape index (κ3) is 3.78. The molecular formula is C25H31F3O6. The molecule has 1 aromatic carbocycles. The number of aliphatic hydroxyl groups is 2. The van der Waals surface area contributed by atoms with Crippen molar-refractivity contribution in [2.24, 2.45) is 11.8 Å². The van der Waals surface area contributed by atoms with Gasteiger partial charge in [-0.25, -0.2) is 4.79 Å². The van der Waals surface area contributed by atoms with Gasteiger partial charge in [0, 0.05) is 24.2 Å². The Labute approximate surface area is 196 Å². The fraction of sp³-hybridized carbons (Fsp3) is 0.600. The normalized spacial score (nSPS) is 31.8. The van der Waals surface area contributed by atoms with E-state index in [-0.39, 0.29) is 30.1 Å². The van der Waals surface area contributed by atoms with Gasteiger partial charge in [-0.05, 0) is 39.0 Å². The second-order valence-corrected chi connectivity index (χ2v) is 9.76. The van der Waals surface area contributed by atoms with E-state index in [4.69, 9.17) is 9.47 Å². The fourth-order valence-electron chi connectivity index (χ4n) is 5.25. The van der Waals surface area contributed by atoms with Crippen LogP contribution in [0.1, 0.15) is 52.5 Å². The molecule has 0 aliphatic heterocycles. The van der Waals surface area contributed by atoms with Gasteiger partial charge in [0.25, 0.3) is 5.60 Å². The Morgan fingerprint density at radius 3 is 2.26 bits per heavy atom. The molecule has 5 atom stereocenters. The SMILES string of the molecule is CO[C@@](C(=O)O[C@H]1C[C@@H](C(C)C)C(=O)C2=C(C)CC[C@@]2(O)[C@]1(C)O)(c1ccccc1)C(F)(F)F. The summed E-state index contributed by atoms with van der Waals surface area (Å²) in [7, 11) is 0.752. The van der Waals surface area contributed by atoms with Crippen molar-refractivity contribution in [3.63, 3.8) is 0 Å². The van der Waals surface area contributed by atoms with E-state index in [1.54, 1.807) is 20.8 Å². The highest BCUT2D eigenvalue weighted by Crippen LogP contribution is 2.51. The zero-order chi connectivity index (χ0) is 25.7. The third-order valence-corrected chi connectivity index (χ3v) is 7.44. The number of hydrogen-bond acceptors (Lipinski definition) is 6. The summed E-state index contributed by atoms with van der Waals surface area (Å²) >= 11 is 0. The molecule has 0 unspecified atom stereocenters. The van der Waals surface area contributed by atoms with Crippen LogP contribution >= 0.6 is 0 Å². The largest absolute Gasteiger partial charge is 0.456 e. The number of rotatable bonds is 5. The zero-order valence-corrected chi connectivity index (χ0v) is 19.9. The fourth-order valence-corrected chi connectivity index (χ4v) is 5.25. The number of fused-ring (bicyclic) bond motifs is 1. The van der Waals surface area contributed by atoms with Gasteiger partial charge in [-0.15, -0.1) is 0 Å². The summed E-state index contributed by atoms with van der Waals surface area (Å²) in [4.78, 5) is 26.6. The predicted molar refractivity (Wildman–Crippen MR) is 117 cm³/mol. The van der Waals surface area contributed by atoms with Crippen LogP contribution in [0.4, 0.5) is 13.2 Å². The highest BCUT2D eigenvalue weighted by atomic mass is 19.4. The average molecular weight is 485 g/mol. The van der Waals surface area contributed by atoms with E-state index >= 15 is 0 Å². The maximum atomic E-state index is 14.3. The average Bonchev–Trinajstić information content (AvgIpc) is 3.03. The van der Waals surface area contributed by atoms with Crippen LogP contribution in [0.5, 0.6) is 0 Å². The first-order valence-corrected chi connectivity index (χ1v) is 11.2. The lowest BCUT2D eigenvalue weighted by molar-refractivity contribution is -0.284. The Morgan fingerprint density at radius 2 is 1.76 bits per heavy atom. The number of esters is 1. The molecule has 0 saturated heterocycles. The Bertz CT molecular complexity index is 984. The van der Waals surface area contributed by atoms with Gasteiger partial charge in [0.1, 0.15) is 17.3 Å². The zero-order valence-electron chi connectivity index (χ0n) is 19.9. The minimum absolute atomic E-state index is 0.0147. The summed E-state index contributed by atoms with van der Waals surface area (Å²) in [6, 6.07) is 6.35. The van der Waals surface area contributed by atoms with Gasteiger partial charge in [0.15, 0.2) is 5.78 Å². The molecule has 2 aliphatic rings. The van der Waals surface area contributed by atoms with Crippen molar-refractivity contribution in [1.82, 2.24) is 0 Å². The van der Waals surface area contributed by atoms with Crippen LogP contribution in [0.2, 0.25) is 0 Å². The van der Waals surface area contributed by atoms with Crippen LogP contribution in [0.25, 0.3) is 0 Å². The summed E-state index contributed by atoms with van der Waals surface area (Å²) in [6.45, 7) is 6.39. The number of allylic oxidation sites excluding steroid dienone is 1. The van der Waals surface area contributed by atoms with Gasteiger partial charge in [-0.3, -0.25) is 4.79 Å². The first-order chi connectivity index (χ1) is 15.6. The van der Waals surface area contributed by atoms with E-state index in [1.165, 1.54) is 25.1 Å². The summed E-state index contributed by atoms with van der Waals surface area (Å²) in [5.74, 6) is -3.22. The number of methoxy groups -OCH3 is 1. The molecule has 2 aliphatic carbocycles. The highest BCUT2D eigenvalue weighted by Gasteiger charge is 2.67.